The van der Waals surface area contributed by atoms with Gasteiger partial charge in [0.05, 0.1) is 23.9 Å². The number of aliphatic carboxylic acids is 4. The van der Waals surface area contributed by atoms with Gasteiger partial charge in [0.25, 0.3) is 0 Å². The van der Waals surface area contributed by atoms with E-state index < -0.39 is 23.9 Å². The third-order valence-electron chi connectivity index (χ3n) is 2.14. The van der Waals surface area contributed by atoms with Gasteiger partial charge in [-0.15, -0.1) is 0 Å². The van der Waals surface area contributed by atoms with Crippen LogP contribution in [0, 0.1) is 0 Å². The van der Waals surface area contributed by atoms with E-state index in [4.69, 9.17) is 0 Å². The van der Waals surface area contributed by atoms with Gasteiger partial charge in [-0.2, -0.15) is 0 Å². The van der Waals surface area contributed by atoms with Crippen molar-refractivity contribution < 1.29 is 39.6 Å². The van der Waals surface area contributed by atoms with E-state index in [1.807, 2.05) is 0 Å². The van der Waals surface area contributed by atoms with E-state index in [-0.39, 0.29) is 27.3 Å². The van der Waals surface area contributed by atoms with Gasteiger partial charge in [0.15, 0.2) is 0 Å². The molecule has 176 valence electrons. The molecule has 9 heteroatoms. The van der Waals surface area contributed by atoms with E-state index >= 15 is 0 Å². The van der Waals surface area contributed by atoms with E-state index in [0.29, 0.717) is 0 Å². The van der Waals surface area contributed by atoms with Crippen LogP contribution in [-0.4, -0.2) is 51.2 Å². The number of allylic oxidation sites excluding steroid dienone is 12. The van der Waals surface area contributed by atoms with Gasteiger partial charge in [-0.25, -0.2) is 0 Å². The second-order valence-corrected chi connectivity index (χ2v) is 4.82. The van der Waals surface area contributed by atoms with Crippen molar-refractivity contribution in [3.8, 4) is 0 Å². The van der Waals surface area contributed by atoms with Crippen molar-refractivity contribution in [2.24, 2.45) is 0 Å². The first-order valence-electron chi connectivity index (χ1n) is 9.10. The third-order valence-corrected chi connectivity index (χ3v) is 2.14. The molecular weight excluding hydrogens is 623 g/mol. The van der Waals surface area contributed by atoms with Gasteiger partial charge in [-0.1, -0.05) is 72.9 Å². The fourth-order valence-corrected chi connectivity index (χ4v) is 0.981. The van der Waals surface area contributed by atoms with E-state index in [2.05, 4.69) is 0 Å². The zero-order valence-corrected chi connectivity index (χ0v) is 22.9. The fraction of sp³-hybridized carbons (Fsp3) is 0.167. The van der Waals surface area contributed by atoms with Crippen LogP contribution in [0.25, 0.3) is 0 Å². The first kappa shape index (κ1) is 40.1. The molecule has 0 unspecified atom stereocenters. The predicted octanol–water partition coefficient (Wildman–Crippen LogP) is -0.906. The SMILES string of the molecule is C/C=C/C=C/C(=O)[O-].C/C=C/C=C/C(=O)[O-].C/C=C/C=C/C(=O)[O-].C/C=C/C=C/C(=O)[O-].[Pb+4]. The molecule has 0 aliphatic carbocycles. The molecule has 8 nitrogen and oxygen atoms in total. The quantitative estimate of drug-likeness (QED) is 0.185. The van der Waals surface area contributed by atoms with Gasteiger partial charge in [-0.05, 0) is 52.0 Å². The molecule has 0 saturated carbocycles. The zero-order valence-electron chi connectivity index (χ0n) is 19.0. The molecule has 0 rings (SSSR count). The summed E-state index contributed by atoms with van der Waals surface area (Å²) in [6.45, 7) is 7.22. The minimum Gasteiger partial charge on any atom is -0.545 e. The van der Waals surface area contributed by atoms with Crippen LogP contribution in [0.2, 0.25) is 0 Å². The third kappa shape index (κ3) is 73.3. The minimum atomic E-state index is -1.16. The molecule has 0 aliphatic heterocycles. The monoisotopic (exact) mass is 652 g/mol. The molecule has 0 aromatic carbocycles. The van der Waals surface area contributed by atoms with E-state index in [0.717, 1.165) is 24.3 Å². The first-order valence-corrected chi connectivity index (χ1v) is 9.10. The molecule has 0 saturated heterocycles. The van der Waals surface area contributed by atoms with Crippen LogP contribution in [-0.2, 0) is 19.2 Å². The van der Waals surface area contributed by atoms with Crippen LogP contribution in [0.3, 0.4) is 0 Å². The summed E-state index contributed by atoms with van der Waals surface area (Å²) in [5, 5.41) is 38.6. The fourth-order valence-electron chi connectivity index (χ4n) is 0.981. The maximum Gasteiger partial charge on any atom is 4.00 e. The summed E-state index contributed by atoms with van der Waals surface area (Å²) in [5.41, 5.74) is 0. The number of hydrogen-bond acceptors (Lipinski definition) is 8. The normalized spacial score (nSPS) is 10.8. The standard InChI is InChI=1S/4C6H8O2.Pb/c4*1-2-3-4-5-6(7)8;/h4*2-5H,1H3,(H,7,8);/q;;;;+4/p-4/b4*3-2+,5-4+;. The molecule has 33 heavy (non-hydrogen) atoms. The van der Waals surface area contributed by atoms with Crippen molar-refractivity contribution in [3.05, 3.63) is 97.2 Å². The Hall–Kier alpha value is -3.28. The molecule has 0 aromatic rings. The summed E-state index contributed by atoms with van der Waals surface area (Å²) in [6, 6.07) is 0. The largest absolute Gasteiger partial charge is 4.00 e. The Morgan fingerprint density at radius 3 is 0.636 bits per heavy atom. The Labute approximate surface area is 215 Å². The molecule has 0 radical (unpaired) electrons. The van der Waals surface area contributed by atoms with Crippen molar-refractivity contribution in [2.75, 3.05) is 0 Å². The Kier molecular flexibility index (Phi) is 43.9. The predicted molar refractivity (Wildman–Crippen MR) is 122 cm³/mol. The van der Waals surface area contributed by atoms with Crippen LogP contribution in [0.1, 0.15) is 27.7 Å². The topological polar surface area (TPSA) is 161 Å². The van der Waals surface area contributed by atoms with Crippen LogP contribution in [0.4, 0.5) is 0 Å². The second-order valence-electron chi connectivity index (χ2n) is 4.82. The molecule has 0 aliphatic rings. The first-order chi connectivity index (χ1) is 15.1. The summed E-state index contributed by atoms with van der Waals surface area (Å²) < 4.78 is 0. The number of hydrogen-bond donors (Lipinski definition) is 0. The Balaban J connectivity index is -0.000000105. The van der Waals surface area contributed by atoms with Crippen LogP contribution in [0.15, 0.2) is 97.2 Å². The van der Waals surface area contributed by atoms with Crippen LogP contribution >= 0.6 is 0 Å². The molecule has 0 aromatic heterocycles. The van der Waals surface area contributed by atoms with Crippen LogP contribution < -0.4 is 20.4 Å². The van der Waals surface area contributed by atoms with Crippen LogP contribution in [0.5, 0.6) is 0 Å². The zero-order chi connectivity index (χ0) is 25.6. The molecule has 0 atom stereocenters. The molecule has 0 N–H and O–H groups in total. The van der Waals surface area contributed by atoms with Gasteiger partial charge in [0, 0.05) is 0 Å². The average molecular weight is 652 g/mol. The van der Waals surface area contributed by atoms with E-state index in [1.165, 1.54) is 24.3 Å². The number of carboxylic acid groups (broad SMARTS) is 4. The van der Waals surface area contributed by atoms with Gasteiger partial charge < -0.3 is 39.6 Å². The van der Waals surface area contributed by atoms with Crippen molar-refractivity contribution in [1.29, 1.82) is 0 Å². The smallest absolute Gasteiger partial charge is 0.545 e. The average Bonchev–Trinajstić information content (AvgIpc) is 2.69. The number of carbonyl (C=O) groups excluding carboxylic acids is 4. The summed E-state index contributed by atoms with van der Waals surface area (Å²) >= 11 is 0. The van der Waals surface area contributed by atoms with E-state index in [1.54, 1.807) is 76.3 Å². The molecule has 0 spiro atoms. The summed E-state index contributed by atoms with van der Waals surface area (Å²) in [6.07, 6.45) is 23.0. The second kappa shape index (κ2) is 36.1. The van der Waals surface area contributed by atoms with Gasteiger partial charge >= 0.3 is 27.3 Å². The Morgan fingerprint density at radius 1 is 0.394 bits per heavy atom. The number of carboxylic acids is 4. The van der Waals surface area contributed by atoms with Crippen molar-refractivity contribution >= 4 is 51.2 Å². The number of rotatable bonds is 8. The van der Waals surface area contributed by atoms with E-state index in [9.17, 15) is 39.6 Å². The van der Waals surface area contributed by atoms with Gasteiger partial charge in [-0.3, -0.25) is 0 Å². The van der Waals surface area contributed by atoms with Crippen molar-refractivity contribution in [1.82, 2.24) is 0 Å². The molecule has 0 fully saturated rings. The molecule has 0 heterocycles. The van der Waals surface area contributed by atoms with Gasteiger partial charge in [0.2, 0.25) is 0 Å². The summed E-state index contributed by atoms with van der Waals surface area (Å²) in [7, 11) is 0. The minimum absolute atomic E-state index is 0. The van der Waals surface area contributed by atoms with Crippen molar-refractivity contribution in [2.45, 2.75) is 27.7 Å². The van der Waals surface area contributed by atoms with Gasteiger partial charge in [0.1, 0.15) is 0 Å². The maximum absolute atomic E-state index is 9.64. The van der Waals surface area contributed by atoms with Crippen molar-refractivity contribution in [3.63, 3.8) is 0 Å². The Bertz CT molecular complexity index is 624. The Morgan fingerprint density at radius 2 is 0.545 bits per heavy atom. The summed E-state index contributed by atoms with van der Waals surface area (Å²) in [5.74, 6) is -4.66. The maximum atomic E-state index is 9.64. The number of carbonyl (C=O) groups is 4. The summed E-state index contributed by atoms with van der Waals surface area (Å²) in [4.78, 5) is 38.6. The molecular formula is C24H28O8Pb. The molecule has 0 bridgehead atoms. The molecule has 0 amide bonds.